The van der Waals surface area contributed by atoms with Gasteiger partial charge in [0.25, 0.3) is 0 Å². The van der Waals surface area contributed by atoms with Crippen molar-refractivity contribution in [3.63, 3.8) is 0 Å². The van der Waals surface area contributed by atoms with Crippen LogP contribution in [0.4, 0.5) is 0 Å². The van der Waals surface area contributed by atoms with E-state index in [9.17, 15) is 0 Å². The summed E-state index contributed by atoms with van der Waals surface area (Å²) >= 11 is 1.83. The molecule has 1 aromatic heterocycles. The van der Waals surface area contributed by atoms with Crippen molar-refractivity contribution in [1.29, 1.82) is 0 Å². The van der Waals surface area contributed by atoms with Crippen molar-refractivity contribution in [3.05, 3.63) is 29.3 Å². The molecule has 2 aromatic rings. The van der Waals surface area contributed by atoms with Crippen LogP contribution in [0.15, 0.2) is 24.3 Å². The molecule has 0 spiro atoms. The van der Waals surface area contributed by atoms with Gasteiger partial charge in [0, 0.05) is 12.5 Å². The van der Waals surface area contributed by atoms with Gasteiger partial charge in [0.2, 0.25) is 0 Å². The van der Waals surface area contributed by atoms with Crippen LogP contribution in [0.25, 0.3) is 10.2 Å². The van der Waals surface area contributed by atoms with E-state index in [1.807, 2.05) is 11.3 Å². The monoisotopic (exact) mass is 232 g/mol. The van der Waals surface area contributed by atoms with E-state index in [1.165, 1.54) is 29.0 Å². The summed E-state index contributed by atoms with van der Waals surface area (Å²) in [4.78, 5) is 4.68. The molecular weight excluding hydrogens is 216 g/mol. The summed E-state index contributed by atoms with van der Waals surface area (Å²) in [6.07, 6.45) is 4.76. The fourth-order valence-electron chi connectivity index (χ4n) is 2.55. The molecule has 1 fully saturated rings. The number of hydrogen-bond acceptors (Lipinski definition) is 3. The maximum atomic E-state index is 5.94. The van der Waals surface area contributed by atoms with Gasteiger partial charge in [-0.1, -0.05) is 12.1 Å². The Bertz CT molecular complexity index is 458. The molecule has 0 amide bonds. The van der Waals surface area contributed by atoms with E-state index in [1.54, 1.807) is 0 Å². The fourth-order valence-corrected chi connectivity index (χ4v) is 3.63. The lowest BCUT2D eigenvalue weighted by atomic mass is 10.0. The zero-order valence-electron chi connectivity index (χ0n) is 9.23. The van der Waals surface area contributed by atoms with E-state index in [0.29, 0.717) is 6.04 Å². The van der Waals surface area contributed by atoms with Crippen molar-refractivity contribution in [3.8, 4) is 0 Å². The van der Waals surface area contributed by atoms with Gasteiger partial charge in [0.1, 0.15) is 0 Å². The predicted molar refractivity (Wildman–Crippen MR) is 68.6 cm³/mol. The van der Waals surface area contributed by atoms with Crippen molar-refractivity contribution >= 4 is 21.6 Å². The van der Waals surface area contributed by atoms with Crippen LogP contribution in [0, 0.1) is 5.92 Å². The Labute approximate surface area is 99.5 Å². The van der Waals surface area contributed by atoms with E-state index in [-0.39, 0.29) is 0 Å². The van der Waals surface area contributed by atoms with Gasteiger partial charge in [-0.2, -0.15) is 0 Å². The number of hydrogen-bond donors (Lipinski definition) is 1. The van der Waals surface area contributed by atoms with Crippen LogP contribution in [0.1, 0.15) is 24.3 Å². The van der Waals surface area contributed by atoms with Gasteiger partial charge in [0.15, 0.2) is 0 Å². The van der Waals surface area contributed by atoms with E-state index in [0.717, 1.165) is 17.9 Å². The molecule has 1 aliphatic carbocycles. The van der Waals surface area contributed by atoms with Crippen molar-refractivity contribution in [2.24, 2.45) is 11.7 Å². The first-order chi connectivity index (χ1) is 7.81. The molecule has 0 radical (unpaired) electrons. The molecule has 2 unspecified atom stereocenters. The van der Waals surface area contributed by atoms with Crippen LogP contribution in [0.5, 0.6) is 0 Å². The summed E-state index contributed by atoms with van der Waals surface area (Å²) < 4.78 is 1.31. The van der Waals surface area contributed by atoms with Gasteiger partial charge >= 0.3 is 0 Å². The summed E-state index contributed by atoms with van der Waals surface area (Å²) in [7, 11) is 0. The smallest absolute Gasteiger partial charge is 0.0941 e. The molecule has 84 valence electrons. The van der Waals surface area contributed by atoms with Crippen molar-refractivity contribution < 1.29 is 0 Å². The van der Waals surface area contributed by atoms with Crippen LogP contribution in [-0.4, -0.2) is 11.0 Å². The Hall–Kier alpha value is -0.930. The molecule has 3 heteroatoms. The Morgan fingerprint density at radius 1 is 1.31 bits per heavy atom. The van der Waals surface area contributed by atoms with Gasteiger partial charge < -0.3 is 5.73 Å². The molecule has 0 bridgehead atoms. The second-order valence-corrected chi connectivity index (χ2v) is 5.83. The minimum Gasteiger partial charge on any atom is -0.328 e. The Morgan fingerprint density at radius 2 is 2.19 bits per heavy atom. The number of rotatable bonds is 2. The normalized spacial score (nSPS) is 25.3. The first-order valence-electron chi connectivity index (χ1n) is 5.91. The number of nitrogens with two attached hydrogens (primary N) is 1. The summed E-state index contributed by atoms with van der Waals surface area (Å²) in [5.74, 6) is 0.760. The Balaban J connectivity index is 1.79. The first kappa shape index (κ1) is 10.2. The van der Waals surface area contributed by atoms with Gasteiger partial charge in [0.05, 0.1) is 15.2 Å². The average molecular weight is 232 g/mol. The summed E-state index contributed by atoms with van der Waals surface area (Å²) in [5, 5.41) is 1.28. The van der Waals surface area contributed by atoms with Crippen LogP contribution in [0.3, 0.4) is 0 Å². The van der Waals surface area contributed by atoms with E-state index < -0.39 is 0 Å². The molecular formula is C13H16N2S. The summed E-state index contributed by atoms with van der Waals surface area (Å²) in [5.41, 5.74) is 7.08. The fraction of sp³-hybridized carbons (Fsp3) is 0.462. The first-order valence-corrected chi connectivity index (χ1v) is 6.73. The lowest BCUT2D eigenvalue weighted by Gasteiger charge is -2.05. The Kier molecular flexibility index (Phi) is 2.65. The molecule has 1 aliphatic rings. The lowest BCUT2D eigenvalue weighted by Crippen LogP contribution is -2.15. The largest absolute Gasteiger partial charge is 0.328 e. The molecule has 0 aliphatic heterocycles. The zero-order valence-corrected chi connectivity index (χ0v) is 10.0. The third-order valence-electron chi connectivity index (χ3n) is 3.38. The maximum absolute atomic E-state index is 5.94. The quantitative estimate of drug-likeness (QED) is 0.864. The number of fused-ring (bicyclic) bond motifs is 1. The molecule has 1 aromatic carbocycles. The summed E-state index contributed by atoms with van der Waals surface area (Å²) in [6, 6.07) is 8.80. The number of para-hydroxylation sites is 1. The highest BCUT2D eigenvalue weighted by Crippen LogP contribution is 2.30. The van der Waals surface area contributed by atoms with E-state index in [2.05, 4.69) is 29.2 Å². The van der Waals surface area contributed by atoms with Gasteiger partial charge in [-0.25, -0.2) is 4.98 Å². The molecule has 2 nitrogen and oxygen atoms in total. The van der Waals surface area contributed by atoms with Crippen LogP contribution < -0.4 is 5.73 Å². The highest BCUT2D eigenvalue weighted by atomic mass is 32.1. The number of aromatic nitrogens is 1. The van der Waals surface area contributed by atoms with Gasteiger partial charge in [-0.15, -0.1) is 11.3 Å². The SMILES string of the molecule is NC1CCC(Cc2nc3ccccc3s2)C1. The molecule has 2 atom stereocenters. The third-order valence-corrected chi connectivity index (χ3v) is 4.44. The summed E-state index contributed by atoms with van der Waals surface area (Å²) in [6.45, 7) is 0. The van der Waals surface area contributed by atoms with Crippen molar-refractivity contribution in [2.75, 3.05) is 0 Å². The number of benzene rings is 1. The molecule has 1 heterocycles. The highest BCUT2D eigenvalue weighted by molar-refractivity contribution is 7.18. The maximum Gasteiger partial charge on any atom is 0.0941 e. The number of thiazole rings is 1. The molecule has 2 N–H and O–H groups in total. The van der Waals surface area contributed by atoms with E-state index >= 15 is 0 Å². The van der Waals surface area contributed by atoms with Gasteiger partial charge in [-0.05, 0) is 37.3 Å². The molecule has 0 saturated heterocycles. The highest BCUT2D eigenvalue weighted by Gasteiger charge is 2.22. The van der Waals surface area contributed by atoms with Gasteiger partial charge in [-0.3, -0.25) is 0 Å². The average Bonchev–Trinajstić information content (AvgIpc) is 2.84. The molecule has 3 rings (SSSR count). The zero-order chi connectivity index (χ0) is 11.0. The molecule has 16 heavy (non-hydrogen) atoms. The lowest BCUT2D eigenvalue weighted by molar-refractivity contribution is 0.534. The second kappa shape index (κ2) is 4.15. The van der Waals surface area contributed by atoms with Crippen molar-refractivity contribution in [2.45, 2.75) is 31.7 Å². The molecule has 1 saturated carbocycles. The van der Waals surface area contributed by atoms with Crippen LogP contribution >= 0.6 is 11.3 Å². The number of nitrogens with zero attached hydrogens (tertiary/aromatic N) is 1. The second-order valence-electron chi connectivity index (χ2n) is 4.72. The van der Waals surface area contributed by atoms with E-state index in [4.69, 9.17) is 5.73 Å². The van der Waals surface area contributed by atoms with Crippen LogP contribution in [0.2, 0.25) is 0 Å². The Morgan fingerprint density at radius 3 is 2.94 bits per heavy atom. The van der Waals surface area contributed by atoms with Crippen molar-refractivity contribution in [1.82, 2.24) is 4.98 Å². The third kappa shape index (κ3) is 1.97. The minimum atomic E-state index is 0.430. The van der Waals surface area contributed by atoms with Crippen LogP contribution in [-0.2, 0) is 6.42 Å². The standard InChI is InChI=1S/C13H16N2S/c14-10-6-5-9(7-10)8-13-15-11-3-1-2-4-12(11)16-13/h1-4,9-10H,5-8,14H2. The predicted octanol–water partition coefficient (Wildman–Crippen LogP) is 2.97. The minimum absolute atomic E-state index is 0.430. The topological polar surface area (TPSA) is 38.9 Å².